The summed E-state index contributed by atoms with van der Waals surface area (Å²) in [6, 6.07) is 5.36. The quantitative estimate of drug-likeness (QED) is 0.774. The van der Waals surface area contributed by atoms with Crippen LogP contribution in [0.25, 0.3) is 0 Å². The number of methoxy groups -OCH3 is 1. The number of nitrogens with one attached hydrogen (secondary N) is 1. The molecule has 0 radical (unpaired) electrons. The minimum Gasteiger partial charge on any atom is -0.504 e. The molecule has 0 saturated heterocycles. The zero-order valence-electron chi connectivity index (χ0n) is 12.4. The van der Waals surface area contributed by atoms with Crippen LogP contribution in [0.5, 0.6) is 11.5 Å². The predicted molar refractivity (Wildman–Crippen MR) is 78.9 cm³/mol. The zero-order valence-corrected chi connectivity index (χ0v) is 12.4. The summed E-state index contributed by atoms with van der Waals surface area (Å²) in [6.07, 6.45) is 4.06. The van der Waals surface area contributed by atoms with Crippen LogP contribution >= 0.6 is 0 Å². The molecule has 0 spiro atoms. The number of aromatic hydroxyl groups is 1. The van der Waals surface area contributed by atoms with Crippen LogP contribution in [0.4, 0.5) is 0 Å². The fourth-order valence-corrected chi connectivity index (χ4v) is 3.08. The lowest BCUT2D eigenvalue weighted by atomic mass is 9.79. The van der Waals surface area contributed by atoms with Crippen molar-refractivity contribution in [2.75, 3.05) is 13.7 Å². The average Bonchev–Trinajstić information content (AvgIpc) is 2.38. The van der Waals surface area contributed by atoms with Crippen LogP contribution in [0.2, 0.25) is 0 Å². The smallest absolute Gasteiger partial charge is 0.160 e. The summed E-state index contributed by atoms with van der Waals surface area (Å²) in [4.78, 5) is 0. The van der Waals surface area contributed by atoms with Crippen LogP contribution in [0, 0.1) is 5.92 Å². The van der Waals surface area contributed by atoms with Gasteiger partial charge in [0.25, 0.3) is 0 Å². The Balaban J connectivity index is 1.85. The normalized spacial score (nSPS) is 26.4. The molecule has 0 aliphatic heterocycles. The topological polar surface area (TPSA) is 61.7 Å². The molecule has 1 aromatic rings. The van der Waals surface area contributed by atoms with Gasteiger partial charge in [-0.25, -0.2) is 0 Å². The van der Waals surface area contributed by atoms with E-state index in [0.717, 1.165) is 24.8 Å². The summed E-state index contributed by atoms with van der Waals surface area (Å²) < 4.78 is 5.02. The van der Waals surface area contributed by atoms with Gasteiger partial charge in [-0.1, -0.05) is 25.8 Å². The standard InChI is InChI=1S/C16H25NO3/c1-12-4-3-7-16(19,9-12)11-17-10-13-5-6-15(20-2)14(18)8-13/h5-6,8,12,17-19H,3-4,7,9-11H2,1-2H3. The number of ether oxygens (including phenoxy) is 1. The van der Waals surface area contributed by atoms with E-state index in [2.05, 4.69) is 12.2 Å². The van der Waals surface area contributed by atoms with Crippen LogP contribution in [0.15, 0.2) is 18.2 Å². The van der Waals surface area contributed by atoms with Crippen molar-refractivity contribution in [3.63, 3.8) is 0 Å². The highest BCUT2D eigenvalue weighted by atomic mass is 16.5. The van der Waals surface area contributed by atoms with Gasteiger partial charge in [-0.2, -0.15) is 0 Å². The second kappa shape index (κ2) is 6.46. The zero-order chi connectivity index (χ0) is 14.6. The van der Waals surface area contributed by atoms with E-state index >= 15 is 0 Å². The molecule has 20 heavy (non-hydrogen) atoms. The van der Waals surface area contributed by atoms with Gasteiger partial charge in [0.2, 0.25) is 0 Å². The van der Waals surface area contributed by atoms with Crippen LogP contribution in [0.3, 0.4) is 0 Å². The lowest BCUT2D eigenvalue weighted by Gasteiger charge is -2.35. The maximum atomic E-state index is 10.5. The van der Waals surface area contributed by atoms with E-state index in [1.54, 1.807) is 12.1 Å². The first kappa shape index (κ1) is 15.1. The minimum absolute atomic E-state index is 0.150. The van der Waals surface area contributed by atoms with Gasteiger partial charge in [0.1, 0.15) is 0 Å². The first-order valence-electron chi connectivity index (χ1n) is 7.31. The maximum Gasteiger partial charge on any atom is 0.160 e. The number of rotatable bonds is 5. The van der Waals surface area contributed by atoms with Crippen molar-refractivity contribution in [1.82, 2.24) is 5.32 Å². The van der Waals surface area contributed by atoms with Gasteiger partial charge in [-0.3, -0.25) is 0 Å². The monoisotopic (exact) mass is 279 g/mol. The molecule has 3 N–H and O–H groups in total. The first-order chi connectivity index (χ1) is 9.52. The predicted octanol–water partition coefficient (Wildman–Crippen LogP) is 2.43. The molecule has 4 heteroatoms. The molecular formula is C16H25NO3. The number of phenols is 1. The number of benzene rings is 1. The highest BCUT2D eigenvalue weighted by molar-refractivity contribution is 5.41. The molecule has 0 amide bonds. The molecule has 1 aliphatic rings. The number of phenolic OH excluding ortho intramolecular Hbond substituents is 1. The Bertz CT molecular complexity index is 449. The Morgan fingerprint density at radius 3 is 2.90 bits per heavy atom. The highest BCUT2D eigenvalue weighted by Gasteiger charge is 2.31. The summed E-state index contributed by atoms with van der Waals surface area (Å²) in [5.74, 6) is 1.23. The summed E-state index contributed by atoms with van der Waals surface area (Å²) in [5, 5.41) is 23.5. The van der Waals surface area contributed by atoms with E-state index < -0.39 is 5.60 Å². The van der Waals surface area contributed by atoms with Gasteiger partial charge < -0.3 is 20.3 Å². The summed E-state index contributed by atoms with van der Waals surface area (Å²) >= 11 is 0. The van der Waals surface area contributed by atoms with Crippen molar-refractivity contribution in [2.24, 2.45) is 5.92 Å². The molecule has 4 nitrogen and oxygen atoms in total. The van der Waals surface area contributed by atoms with E-state index in [4.69, 9.17) is 4.74 Å². The van der Waals surface area contributed by atoms with Crippen LogP contribution in [0.1, 0.15) is 38.2 Å². The average molecular weight is 279 g/mol. The van der Waals surface area contributed by atoms with Crippen LogP contribution in [-0.2, 0) is 6.54 Å². The van der Waals surface area contributed by atoms with Crippen molar-refractivity contribution < 1.29 is 14.9 Å². The molecule has 0 heterocycles. The largest absolute Gasteiger partial charge is 0.504 e. The maximum absolute atomic E-state index is 10.5. The fraction of sp³-hybridized carbons (Fsp3) is 0.625. The molecular weight excluding hydrogens is 254 g/mol. The van der Waals surface area contributed by atoms with E-state index in [1.807, 2.05) is 6.07 Å². The lowest BCUT2D eigenvalue weighted by molar-refractivity contribution is -0.0119. The molecule has 2 atom stereocenters. The molecule has 0 aromatic heterocycles. The van der Waals surface area contributed by atoms with Gasteiger partial charge in [0.05, 0.1) is 12.7 Å². The van der Waals surface area contributed by atoms with Gasteiger partial charge in [-0.15, -0.1) is 0 Å². The lowest BCUT2D eigenvalue weighted by Crippen LogP contribution is -2.43. The molecule has 1 fully saturated rings. The molecule has 1 aliphatic carbocycles. The van der Waals surface area contributed by atoms with Crippen molar-refractivity contribution in [2.45, 2.75) is 44.8 Å². The number of hydrogen-bond acceptors (Lipinski definition) is 4. The van der Waals surface area contributed by atoms with Gasteiger partial charge in [0, 0.05) is 13.1 Å². The van der Waals surface area contributed by atoms with Crippen molar-refractivity contribution in [1.29, 1.82) is 0 Å². The van der Waals surface area contributed by atoms with Crippen LogP contribution in [-0.4, -0.2) is 29.5 Å². The molecule has 112 valence electrons. The van der Waals surface area contributed by atoms with E-state index in [9.17, 15) is 10.2 Å². The van der Waals surface area contributed by atoms with E-state index in [1.165, 1.54) is 13.5 Å². The van der Waals surface area contributed by atoms with Crippen molar-refractivity contribution in [3.8, 4) is 11.5 Å². The van der Waals surface area contributed by atoms with Gasteiger partial charge in [-0.05, 0) is 36.5 Å². The minimum atomic E-state index is -0.577. The summed E-state index contributed by atoms with van der Waals surface area (Å²) in [7, 11) is 1.53. The van der Waals surface area contributed by atoms with E-state index in [-0.39, 0.29) is 5.75 Å². The van der Waals surface area contributed by atoms with Crippen LogP contribution < -0.4 is 10.1 Å². The Kier molecular flexibility index (Phi) is 4.89. The third kappa shape index (κ3) is 3.87. The summed E-state index contributed by atoms with van der Waals surface area (Å²) in [6.45, 7) is 3.43. The molecule has 1 aromatic carbocycles. The number of aliphatic hydroxyl groups is 1. The Morgan fingerprint density at radius 2 is 2.25 bits per heavy atom. The Hall–Kier alpha value is -1.26. The van der Waals surface area contributed by atoms with Gasteiger partial charge in [0.15, 0.2) is 11.5 Å². The summed E-state index contributed by atoms with van der Waals surface area (Å²) in [5.41, 5.74) is 0.405. The van der Waals surface area contributed by atoms with E-state index in [0.29, 0.717) is 24.8 Å². The second-order valence-electron chi connectivity index (χ2n) is 6.04. The first-order valence-corrected chi connectivity index (χ1v) is 7.31. The SMILES string of the molecule is COc1ccc(CNCC2(O)CCCC(C)C2)cc1O. The third-order valence-electron chi connectivity index (χ3n) is 4.09. The fourth-order valence-electron chi connectivity index (χ4n) is 3.08. The highest BCUT2D eigenvalue weighted by Crippen LogP contribution is 2.31. The molecule has 0 bridgehead atoms. The van der Waals surface area contributed by atoms with Crippen molar-refractivity contribution in [3.05, 3.63) is 23.8 Å². The Labute approximate surface area is 120 Å². The molecule has 1 saturated carbocycles. The third-order valence-corrected chi connectivity index (χ3v) is 4.09. The number of hydrogen-bond donors (Lipinski definition) is 3. The Morgan fingerprint density at radius 1 is 1.45 bits per heavy atom. The van der Waals surface area contributed by atoms with Gasteiger partial charge >= 0.3 is 0 Å². The molecule has 2 unspecified atom stereocenters. The van der Waals surface area contributed by atoms with Crippen molar-refractivity contribution >= 4 is 0 Å². The molecule has 2 rings (SSSR count). The second-order valence-corrected chi connectivity index (χ2v) is 6.04.